The van der Waals surface area contributed by atoms with Crippen LogP contribution in [-0.4, -0.2) is 26.8 Å². The lowest BCUT2D eigenvalue weighted by Gasteiger charge is -2.06. The van der Waals surface area contributed by atoms with E-state index in [4.69, 9.17) is 4.74 Å². The van der Waals surface area contributed by atoms with Gasteiger partial charge in [0.05, 0.1) is 5.75 Å². The summed E-state index contributed by atoms with van der Waals surface area (Å²) in [5.41, 5.74) is 3.59. The molecule has 3 aromatic rings. The number of ether oxygens (including phenoxy) is 1. The number of nitrogens with one attached hydrogen (secondary N) is 2. The Bertz CT molecular complexity index is 975. The largest absolute Gasteiger partial charge is 0.486 e. The Hall–Kier alpha value is -2.32. The Morgan fingerprint density at radius 2 is 2.00 bits per heavy atom. The number of H-pyrrole nitrogens is 1. The van der Waals surface area contributed by atoms with Crippen LogP contribution >= 0.6 is 27.7 Å². The second kappa shape index (κ2) is 8.79. The molecule has 6 nitrogen and oxygen atoms in total. The molecule has 1 aliphatic carbocycles. The zero-order valence-electron chi connectivity index (χ0n) is 15.1. The summed E-state index contributed by atoms with van der Waals surface area (Å²) >= 11 is 4.68. The molecule has 0 saturated carbocycles. The van der Waals surface area contributed by atoms with E-state index in [-0.39, 0.29) is 18.3 Å². The van der Waals surface area contributed by atoms with E-state index in [0.29, 0.717) is 11.0 Å². The number of hydrogen-bond acceptors (Lipinski definition) is 5. The van der Waals surface area contributed by atoms with Crippen LogP contribution in [0, 0.1) is 0 Å². The Morgan fingerprint density at radius 1 is 1.18 bits per heavy atom. The lowest BCUT2D eigenvalue weighted by molar-refractivity contribution is -0.113. The molecule has 144 valence electrons. The van der Waals surface area contributed by atoms with Gasteiger partial charge in [0, 0.05) is 10.2 Å². The van der Waals surface area contributed by atoms with Gasteiger partial charge in [-0.05, 0) is 66.8 Å². The van der Waals surface area contributed by atoms with Crippen LogP contribution in [0.1, 0.15) is 23.4 Å². The molecule has 0 radical (unpaired) electrons. The maximum atomic E-state index is 12.2. The van der Waals surface area contributed by atoms with Crippen LogP contribution in [0.25, 0.3) is 0 Å². The highest BCUT2D eigenvalue weighted by molar-refractivity contribution is 9.10. The van der Waals surface area contributed by atoms with Gasteiger partial charge in [0.1, 0.15) is 12.4 Å². The van der Waals surface area contributed by atoms with Crippen molar-refractivity contribution in [1.29, 1.82) is 0 Å². The summed E-state index contributed by atoms with van der Waals surface area (Å²) in [7, 11) is 0. The van der Waals surface area contributed by atoms with E-state index >= 15 is 0 Å². The SMILES string of the molecule is O=C(CSc1n[nH]c(COc2ccc(Br)cc2)n1)Nc1ccc2c(c1)CCC2. The van der Waals surface area contributed by atoms with Gasteiger partial charge < -0.3 is 10.1 Å². The van der Waals surface area contributed by atoms with Gasteiger partial charge in [0.2, 0.25) is 11.1 Å². The van der Waals surface area contributed by atoms with Crippen LogP contribution in [-0.2, 0) is 24.2 Å². The number of aromatic amines is 1. The molecule has 0 unspecified atom stereocenters. The first-order chi connectivity index (χ1) is 13.7. The zero-order valence-corrected chi connectivity index (χ0v) is 17.5. The summed E-state index contributed by atoms with van der Waals surface area (Å²) in [5.74, 6) is 1.55. The smallest absolute Gasteiger partial charge is 0.234 e. The molecule has 1 aliphatic rings. The van der Waals surface area contributed by atoms with E-state index in [1.807, 2.05) is 30.3 Å². The molecule has 0 saturated heterocycles. The fraction of sp³-hybridized carbons (Fsp3) is 0.250. The highest BCUT2D eigenvalue weighted by Crippen LogP contribution is 2.25. The highest BCUT2D eigenvalue weighted by atomic mass is 79.9. The molecule has 28 heavy (non-hydrogen) atoms. The van der Waals surface area contributed by atoms with Crippen LogP contribution in [0.4, 0.5) is 5.69 Å². The summed E-state index contributed by atoms with van der Waals surface area (Å²) in [6.07, 6.45) is 3.43. The number of rotatable bonds is 7. The standard InChI is InChI=1S/C20H19BrN4O2S/c21-15-5-8-17(9-6-15)27-11-18-23-20(25-24-18)28-12-19(26)22-16-7-4-13-2-1-3-14(13)10-16/h4-10H,1-3,11-12H2,(H,22,26)(H,23,24,25). The van der Waals surface area contributed by atoms with Crippen LogP contribution in [0.2, 0.25) is 0 Å². The van der Waals surface area contributed by atoms with E-state index < -0.39 is 0 Å². The van der Waals surface area contributed by atoms with E-state index in [0.717, 1.165) is 28.8 Å². The van der Waals surface area contributed by atoms with E-state index in [9.17, 15) is 4.79 Å². The normalized spacial score (nSPS) is 12.6. The van der Waals surface area contributed by atoms with Gasteiger partial charge in [-0.15, -0.1) is 5.10 Å². The fourth-order valence-corrected chi connectivity index (χ4v) is 3.95. The van der Waals surface area contributed by atoms with E-state index in [2.05, 4.69) is 48.6 Å². The predicted molar refractivity (Wildman–Crippen MR) is 113 cm³/mol. The first-order valence-electron chi connectivity index (χ1n) is 9.00. The van der Waals surface area contributed by atoms with Gasteiger partial charge in [-0.2, -0.15) is 0 Å². The monoisotopic (exact) mass is 458 g/mol. The third-order valence-electron chi connectivity index (χ3n) is 4.42. The Kier molecular flexibility index (Phi) is 5.97. The van der Waals surface area contributed by atoms with Gasteiger partial charge in [-0.3, -0.25) is 9.89 Å². The first kappa shape index (κ1) is 19.0. The van der Waals surface area contributed by atoms with Gasteiger partial charge in [0.25, 0.3) is 0 Å². The number of amides is 1. The fourth-order valence-electron chi connectivity index (χ4n) is 3.07. The second-order valence-electron chi connectivity index (χ2n) is 6.48. The van der Waals surface area contributed by atoms with Crippen molar-refractivity contribution >= 4 is 39.3 Å². The van der Waals surface area contributed by atoms with Crippen molar-refractivity contribution in [2.45, 2.75) is 31.0 Å². The number of thioether (sulfide) groups is 1. The number of nitrogens with zero attached hydrogens (tertiary/aromatic N) is 2. The van der Waals surface area contributed by atoms with Gasteiger partial charge in [0.15, 0.2) is 5.82 Å². The molecule has 2 N–H and O–H groups in total. The number of carbonyl (C=O) groups excluding carboxylic acids is 1. The third kappa shape index (κ3) is 4.94. The number of carbonyl (C=O) groups is 1. The molecule has 0 aliphatic heterocycles. The summed E-state index contributed by atoms with van der Waals surface area (Å²) < 4.78 is 6.66. The topological polar surface area (TPSA) is 79.9 Å². The van der Waals surface area contributed by atoms with Crippen molar-refractivity contribution in [3.8, 4) is 5.75 Å². The number of fused-ring (bicyclic) bond motifs is 1. The van der Waals surface area contributed by atoms with Crippen molar-refractivity contribution in [1.82, 2.24) is 15.2 Å². The maximum absolute atomic E-state index is 12.2. The maximum Gasteiger partial charge on any atom is 0.234 e. The molecular weight excluding hydrogens is 440 g/mol. The molecule has 8 heteroatoms. The molecular formula is C20H19BrN4O2S. The molecule has 4 rings (SSSR count). The number of aryl methyl sites for hydroxylation is 2. The van der Waals surface area contributed by atoms with Crippen LogP contribution in [0.3, 0.4) is 0 Å². The summed E-state index contributed by atoms with van der Waals surface area (Å²) in [6.45, 7) is 0.288. The number of hydrogen-bond donors (Lipinski definition) is 2. The van der Waals surface area contributed by atoms with Crippen molar-refractivity contribution in [2.24, 2.45) is 0 Å². The average molecular weight is 459 g/mol. The highest BCUT2D eigenvalue weighted by Gasteiger charge is 2.13. The third-order valence-corrected chi connectivity index (χ3v) is 5.79. The molecule has 1 amide bonds. The minimum Gasteiger partial charge on any atom is -0.486 e. The summed E-state index contributed by atoms with van der Waals surface area (Å²) in [6, 6.07) is 13.7. The second-order valence-corrected chi connectivity index (χ2v) is 8.34. The van der Waals surface area contributed by atoms with Crippen molar-refractivity contribution in [3.63, 3.8) is 0 Å². The van der Waals surface area contributed by atoms with Crippen molar-refractivity contribution < 1.29 is 9.53 Å². The van der Waals surface area contributed by atoms with Gasteiger partial charge in [-0.25, -0.2) is 4.98 Å². The number of benzene rings is 2. The van der Waals surface area contributed by atoms with Crippen LogP contribution in [0.15, 0.2) is 52.1 Å². The zero-order chi connectivity index (χ0) is 19.3. The first-order valence-corrected chi connectivity index (χ1v) is 10.8. The van der Waals surface area contributed by atoms with Crippen molar-refractivity contribution in [3.05, 3.63) is 63.9 Å². The quantitative estimate of drug-likeness (QED) is 0.513. The average Bonchev–Trinajstić information content (AvgIpc) is 3.35. The van der Waals surface area contributed by atoms with Gasteiger partial charge >= 0.3 is 0 Å². The Labute approximate surface area is 175 Å². The molecule has 1 aromatic heterocycles. The summed E-state index contributed by atoms with van der Waals surface area (Å²) in [5, 5.41) is 10.4. The summed E-state index contributed by atoms with van der Waals surface area (Å²) in [4.78, 5) is 16.6. The van der Waals surface area contributed by atoms with Crippen molar-refractivity contribution in [2.75, 3.05) is 11.1 Å². The lowest BCUT2D eigenvalue weighted by Crippen LogP contribution is -2.14. The lowest BCUT2D eigenvalue weighted by atomic mass is 10.1. The predicted octanol–water partition coefficient (Wildman–Crippen LogP) is 4.37. The molecule has 0 bridgehead atoms. The van der Waals surface area contributed by atoms with Crippen LogP contribution < -0.4 is 10.1 Å². The Balaban J connectivity index is 1.24. The number of aromatic nitrogens is 3. The Morgan fingerprint density at radius 3 is 2.86 bits per heavy atom. The van der Waals surface area contributed by atoms with Crippen LogP contribution in [0.5, 0.6) is 5.75 Å². The molecule has 0 atom stereocenters. The number of anilines is 1. The molecule has 0 fully saturated rings. The molecule has 2 aromatic carbocycles. The number of halogens is 1. The molecule has 1 heterocycles. The minimum atomic E-state index is -0.0691. The van der Waals surface area contributed by atoms with E-state index in [1.165, 1.54) is 29.3 Å². The molecule has 0 spiro atoms. The minimum absolute atomic E-state index is 0.0691. The van der Waals surface area contributed by atoms with E-state index in [1.54, 1.807) is 0 Å². The van der Waals surface area contributed by atoms with Gasteiger partial charge in [-0.1, -0.05) is 33.8 Å².